The largest absolute Gasteiger partial charge is 0.496 e. The van der Waals surface area contributed by atoms with Crippen LogP contribution < -0.4 is 20.7 Å². The van der Waals surface area contributed by atoms with E-state index in [0.717, 1.165) is 43.2 Å². The number of carbonyl (C=O) groups is 1. The predicted molar refractivity (Wildman–Crippen MR) is 119 cm³/mol. The van der Waals surface area contributed by atoms with E-state index < -0.39 is 0 Å². The lowest BCUT2D eigenvalue weighted by Crippen LogP contribution is -2.38. The maximum absolute atomic E-state index is 11.8. The number of aliphatic imine (C=N–C) groups is 1. The van der Waals surface area contributed by atoms with Gasteiger partial charge in [-0.15, -0.1) is 24.0 Å². The van der Waals surface area contributed by atoms with Gasteiger partial charge in [-0.2, -0.15) is 0 Å². The molecule has 1 amide bonds. The van der Waals surface area contributed by atoms with Crippen LogP contribution in [0.4, 0.5) is 0 Å². The van der Waals surface area contributed by atoms with Gasteiger partial charge in [0.1, 0.15) is 5.75 Å². The molecular formula is C19H33IN4O2. The van der Waals surface area contributed by atoms with Crippen molar-refractivity contribution in [3.8, 4) is 5.75 Å². The van der Waals surface area contributed by atoms with Crippen molar-refractivity contribution >= 4 is 35.8 Å². The van der Waals surface area contributed by atoms with Gasteiger partial charge in [-0.05, 0) is 38.3 Å². The third-order valence-electron chi connectivity index (χ3n) is 3.85. The molecule has 3 N–H and O–H groups in total. The van der Waals surface area contributed by atoms with Crippen molar-refractivity contribution in [2.45, 2.75) is 46.1 Å². The van der Waals surface area contributed by atoms with Crippen LogP contribution in [0.25, 0.3) is 0 Å². The van der Waals surface area contributed by atoms with E-state index in [2.05, 4.69) is 33.9 Å². The molecule has 1 aromatic rings. The number of amides is 1. The summed E-state index contributed by atoms with van der Waals surface area (Å²) >= 11 is 0. The fourth-order valence-corrected chi connectivity index (χ4v) is 2.29. The Labute approximate surface area is 174 Å². The first-order valence-electron chi connectivity index (χ1n) is 9.04. The van der Waals surface area contributed by atoms with E-state index >= 15 is 0 Å². The van der Waals surface area contributed by atoms with Crippen molar-refractivity contribution in [3.63, 3.8) is 0 Å². The van der Waals surface area contributed by atoms with Crippen LogP contribution in [0.5, 0.6) is 5.75 Å². The summed E-state index contributed by atoms with van der Waals surface area (Å²) < 4.78 is 5.36. The summed E-state index contributed by atoms with van der Waals surface area (Å²) in [6.45, 7) is 8.06. The van der Waals surface area contributed by atoms with Gasteiger partial charge in [0.2, 0.25) is 5.91 Å². The molecule has 1 unspecified atom stereocenters. The molecule has 148 valence electrons. The Bertz CT molecular complexity index is 552. The minimum absolute atomic E-state index is 0. The second-order valence-corrected chi connectivity index (χ2v) is 5.88. The number of methoxy groups -OCH3 is 1. The van der Waals surface area contributed by atoms with Gasteiger partial charge in [0.25, 0.3) is 0 Å². The SMILES string of the molecule is CCNC(=NCCC(=O)NC(C)CC)NCCc1ccccc1OC.I. The molecule has 0 aliphatic carbocycles. The van der Waals surface area contributed by atoms with Gasteiger partial charge in [0.15, 0.2) is 5.96 Å². The number of rotatable bonds is 10. The Morgan fingerprint density at radius 3 is 2.62 bits per heavy atom. The molecule has 0 saturated carbocycles. The minimum Gasteiger partial charge on any atom is -0.496 e. The average Bonchev–Trinajstić information content (AvgIpc) is 2.62. The third-order valence-corrected chi connectivity index (χ3v) is 3.85. The van der Waals surface area contributed by atoms with Gasteiger partial charge < -0.3 is 20.7 Å². The molecule has 1 rings (SSSR count). The molecule has 1 atom stereocenters. The number of nitrogens with one attached hydrogen (secondary N) is 3. The highest BCUT2D eigenvalue weighted by Gasteiger charge is 2.06. The van der Waals surface area contributed by atoms with Gasteiger partial charge in [0, 0.05) is 25.6 Å². The summed E-state index contributed by atoms with van der Waals surface area (Å²) in [5.41, 5.74) is 1.15. The number of ether oxygens (including phenoxy) is 1. The molecular weight excluding hydrogens is 443 g/mol. The first-order chi connectivity index (χ1) is 12.1. The average molecular weight is 476 g/mol. The van der Waals surface area contributed by atoms with Gasteiger partial charge in [-0.25, -0.2) is 0 Å². The zero-order chi connectivity index (χ0) is 18.5. The highest BCUT2D eigenvalue weighted by Crippen LogP contribution is 2.17. The van der Waals surface area contributed by atoms with Crippen LogP contribution in [0.1, 0.15) is 39.2 Å². The van der Waals surface area contributed by atoms with E-state index in [0.29, 0.717) is 13.0 Å². The molecule has 7 heteroatoms. The van der Waals surface area contributed by atoms with E-state index in [1.165, 1.54) is 0 Å². The van der Waals surface area contributed by atoms with Gasteiger partial charge >= 0.3 is 0 Å². The number of carbonyl (C=O) groups excluding carboxylic acids is 1. The summed E-state index contributed by atoms with van der Waals surface area (Å²) in [4.78, 5) is 16.2. The van der Waals surface area contributed by atoms with Crippen molar-refractivity contribution in [1.82, 2.24) is 16.0 Å². The van der Waals surface area contributed by atoms with Crippen LogP contribution >= 0.6 is 24.0 Å². The second-order valence-electron chi connectivity index (χ2n) is 5.88. The topological polar surface area (TPSA) is 74.8 Å². The van der Waals surface area contributed by atoms with Crippen LogP contribution in [0, 0.1) is 0 Å². The molecule has 0 spiro atoms. The van der Waals surface area contributed by atoms with Crippen molar-refractivity contribution in [3.05, 3.63) is 29.8 Å². The zero-order valence-corrected chi connectivity index (χ0v) is 18.6. The maximum atomic E-state index is 11.8. The Kier molecular flexibility index (Phi) is 13.8. The monoisotopic (exact) mass is 476 g/mol. The molecule has 0 aliphatic rings. The van der Waals surface area contributed by atoms with Crippen LogP contribution in [0.15, 0.2) is 29.3 Å². The lowest BCUT2D eigenvalue weighted by atomic mass is 10.1. The smallest absolute Gasteiger partial charge is 0.222 e. The minimum atomic E-state index is 0. The molecule has 0 bridgehead atoms. The van der Waals surface area contributed by atoms with Crippen LogP contribution in [0.3, 0.4) is 0 Å². The third kappa shape index (κ3) is 9.84. The van der Waals surface area contributed by atoms with Crippen molar-refractivity contribution < 1.29 is 9.53 Å². The number of hydrogen-bond donors (Lipinski definition) is 3. The van der Waals surface area contributed by atoms with E-state index in [1.54, 1.807) is 7.11 Å². The summed E-state index contributed by atoms with van der Waals surface area (Å²) in [5, 5.41) is 9.45. The zero-order valence-electron chi connectivity index (χ0n) is 16.3. The quantitative estimate of drug-likeness (QED) is 0.276. The second kappa shape index (κ2) is 14.6. The number of halogens is 1. The number of nitrogens with zero attached hydrogens (tertiary/aromatic N) is 1. The van der Waals surface area contributed by atoms with Crippen molar-refractivity contribution in [1.29, 1.82) is 0 Å². The van der Waals surface area contributed by atoms with Gasteiger partial charge in [0.05, 0.1) is 13.7 Å². The summed E-state index contributed by atoms with van der Waals surface area (Å²) in [6, 6.07) is 8.20. The molecule has 0 saturated heterocycles. The number of benzene rings is 1. The predicted octanol–water partition coefficient (Wildman–Crippen LogP) is 2.72. The van der Waals surface area contributed by atoms with Crippen LogP contribution in [-0.2, 0) is 11.2 Å². The fraction of sp³-hybridized carbons (Fsp3) is 0.579. The molecule has 0 aliphatic heterocycles. The Morgan fingerprint density at radius 1 is 1.23 bits per heavy atom. The number of hydrogen-bond acceptors (Lipinski definition) is 3. The van der Waals surface area contributed by atoms with Crippen molar-refractivity contribution in [2.24, 2.45) is 4.99 Å². The Hall–Kier alpha value is -1.51. The Morgan fingerprint density at radius 2 is 1.96 bits per heavy atom. The highest BCUT2D eigenvalue weighted by molar-refractivity contribution is 14.0. The molecule has 6 nitrogen and oxygen atoms in total. The fourth-order valence-electron chi connectivity index (χ4n) is 2.29. The molecule has 0 fully saturated rings. The summed E-state index contributed by atoms with van der Waals surface area (Å²) in [6.07, 6.45) is 2.17. The van der Waals surface area contributed by atoms with E-state index in [9.17, 15) is 4.79 Å². The number of para-hydroxylation sites is 1. The van der Waals surface area contributed by atoms with Crippen LogP contribution in [0.2, 0.25) is 0 Å². The maximum Gasteiger partial charge on any atom is 0.222 e. The van der Waals surface area contributed by atoms with E-state index in [1.807, 2.05) is 32.0 Å². The molecule has 0 radical (unpaired) electrons. The summed E-state index contributed by atoms with van der Waals surface area (Å²) in [5.74, 6) is 1.67. The normalized spacial score (nSPS) is 11.9. The van der Waals surface area contributed by atoms with E-state index in [-0.39, 0.29) is 35.9 Å². The lowest BCUT2D eigenvalue weighted by Gasteiger charge is -2.13. The highest BCUT2D eigenvalue weighted by atomic mass is 127. The Balaban J connectivity index is 0.00000625. The summed E-state index contributed by atoms with van der Waals surface area (Å²) in [7, 11) is 1.68. The molecule has 26 heavy (non-hydrogen) atoms. The number of guanidine groups is 1. The molecule has 0 aromatic heterocycles. The van der Waals surface area contributed by atoms with Gasteiger partial charge in [-0.1, -0.05) is 25.1 Å². The standard InChI is InChI=1S/C19H32N4O2.HI/c1-5-15(3)23-18(24)12-14-22-19(20-6-2)21-13-11-16-9-7-8-10-17(16)25-4;/h7-10,15H,5-6,11-14H2,1-4H3,(H,23,24)(H2,20,21,22);1H. The first kappa shape index (κ1) is 24.5. The molecule has 1 aromatic carbocycles. The lowest BCUT2D eigenvalue weighted by molar-refractivity contribution is -0.121. The molecule has 0 heterocycles. The first-order valence-corrected chi connectivity index (χ1v) is 9.04. The van der Waals surface area contributed by atoms with Crippen LogP contribution in [-0.4, -0.2) is 44.7 Å². The van der Waals surface area contributed by atoms with Gasteiger partial charge in [-0.3, -0.25) is 9.79 Å². The van der Waals surface area contributed by atoms with Crippen molar-refractivity contribution in [2.75, 3.05) is 26.7 Å². The van der Waals surface area contributed by atoms with E-state index in [4.69, 9.17) is 4.74 Å².